The van der Waals surface area contributed by atoms with E-state index in [9.17, 15) is 5.11 Å². The Kier molecular flexibility index (Phi) is 4.99. The number of halogens is 2. The molecule has 0 saturated heterocycles. The van der Waals surface area contributed by atoms with Gasteiger partial charge in [0.2, 0.25) is 0 Å². The Morgan fingerprint density at radius 1 is 1.44 bits per heavy atom. The topological polar surface area (TPSA) is 19.9 Å². The number of hydrogen-bond donors (Lipinski definition) is 0. The second-order valence-corrected chi connectivity index (χ2v) is 2.75. The summed E-state index contributed by atoms with van der Waals surface area (Å²) in [6, 6.07) is 0. The molecule has 0 bridgehead atoms. The molecule has 0 heterocycles. The third kappa shape index (κ3) is 5.98. The van der Waals surface area contributed by atoms with Crippen LogP contribution >= 0.6 is 23.2 Å². The SMILES string of the molecule is CC(C#CC(Cl)Cl)C[O]. The molecule has 0 aromatic carbocycles. The van der Waals surface area contributed by atoms with Crippen molar-refractivity contribution in [2.45, 2.75) is 11.8 Å². The quantitative estimate of drug-likeness (QED) is 0.418. The van der Waals surface area contributed by atoms with Gasteiger partial charge in [0, 0.05) is 5.92 Å². The average molecular weight is 166 g/mol. The highest BCUT2D eigenvalue weighted by molar-refractivity contribution is 6.46. The molecule has 0 rings (SSSR count). The summed E-state index contributed by atoms with van der Waals surface area (Å²) in [5.41, 5.74) is 0. The Balaban J connectivity index is 3.58. The Morgan fingerprint density at radius 2 is 2.00 bits per heavy atom. The fraction of sp³-hybridized carbons (Fsp3) is 0.667. The normalized spacial score (nSPS) is 12.6. The van der Waals surface area contributed by atoms with E-state index in [1.807, 2.05) is 0 Å². The monoisotopic (exact) mass is 165 g/mol. The van der Waals surface area contributed by atoms with Crippen molar-refractivity contribution in [1.29, 1.82) is 0 Å². The molecule has 0 aromatic heterocycles. The highest BCUT2D eigenvalue weighted by Gasteiger charge is 1.93. The van der Waals surface area contributed by atoms with Gasteiger partial charge in [0.25, 0.3) is 0 Å². The van der Waals surface area contributed by atoms with Crippen LogP contribution in [0.4, 0.5) is 0 Å². The van der Waals surface area contributed by atoms with Gasteiger partial charge < -0.3 is 0 Å². The predicted molar refractivity (Wildman–Crippen MR) is 38.0 cm³/mol. The van der Waals surface area contributed by atoms with Gasteiger partial charge in [0.1, 0.15) is 0 Å². The summed E-state index contributed by atoms with van der Waals surface area (Å²) < 4.78 is 0. The van der Waals surface area contributed by atoms with Gasteiger partial charge in [0.05, 0.1) is 6.61 Å². The van der Waals surface area contributed by atoms with E-state index in [2.05, 4.69) is 11.8 Å². The van der Waals surface area contributed by atoms with Crippen LogP contribution in [0.3, 0.4) is 0 Å². The van der Waals surface area contributed by atoms with Crippen molar-refractivity contribution in [1.82, 2.24) is 0 Å². The molecule has 0 aromatic rings. The van der Waals surface area contributed by atoms with Crippen LogP contribution in [0.1, 0.15) is 6.92 Å². The highest BCUT2D eigenvalue weighted by atomic mass is 35.5. The number of rotatable bonds is 1. The summed E-state index contributed by atoms with van der Waals surface area (Å²) in [4.78, 5) is -0.668. The van der Waals surface area contributed by atoms with Gasteiger partial charge in [-0.3, -0.25) is 0 Å². The van der Waals surface area contributed by atoms with Crippen LogP contribution in [-0.2, 0) is 5.11 Å². The Bertz CT molecular complexity index is 123. The summed E-state index contributed by atoms with van der Waals surface area (Å²) >= 11 is 10.5. The molecule has 1 atom stereocenters. The van der Waals surface area contributed by atoms with Gasteiger partial charge in [0.15, 0.2) is 4.84 Å². The Labute approximate surface area is 65.0 Å². The van der Waals surface area contributed by atoms with Crippen LogP contribution in [0.25, 0.3) is 0 Å². The summed E-state index contributed by atoms with van der Waals surface area (Å²) in [6.45, 7) is 1.53. The second-order valence-electron chi connectivity index (χ2n) is 1.66. The zero-order chi connectivity index (χ0) is 7.28. The van der Waals surface area contributed by atoms with Gasteiger partial charge in [-0.1, -0.05) is 35.0 Å². The van der Waals surface area contributed by atoms with Crippen molar-refractivity contribution in [2.75, 3.05) is 6.61 Å². The molecular weight excluding hydrogens is 159 g/mol. The van der Waals surface area contributed by atoms with E-state index in [4.69, 9.17) is 23.2 Å². The standard InChI is InChI=1S/C6H7Cl2O/c1-5(4-9)2-3-6(7)8/h5-6H,4H2,1H3. The van der Waals surface area contributed by atoms with E-state index in [1.54, 1.807) is 6.92 Å². The molecule has 0 fully saturated rings. The molecule has 0 N–H and O–H groups in total. The molecule has 1 nitrogen and oxygen atoms in total. The Morgan fingerprint density at radius 3 is 2.33 bits per heavy atom. The van der Waals surface area contributed by atoms with Gasteiger partial charge in [-0.2, -0.15) is 0 Å². The van der Waals surface area contributed by atoms with E-state index >= 15 is 0 Å². The summed E-state index contributed by atoms with van der Waals surface area (Å²) in [7, 11) is 0. The van der Waals surface area contributed by atoms with Crippen LogP contribution < -0.4 is 0 Å². The van der Waals surface area contributed by atoms with Gasteiger partial charge >= 0.3 is 0 Å². The average Bonchev–Trinajstić information content (AvgIpc) is 1.83. The largest absolute Gasteiger partial charge is 0.235 e. The smallest absolute Gasteiger partial charge is 0.167 e. The maximum atomic E-state index is 10.1. The van der Waals surface area contributed by atoms with Crippen molar-refractivity contribution in [2.24, 2.45) is 5.92 Å². The van der Waals surface area contributed by atoms with Crippen molar-refractivity contribution >= 4 is 23.2 Å². The zero-order valence-corrected chi connectivity index (χ0v) is 6.54. The summed E-state index contributed by atoms with van der Waals surface area (Å²) in [6.07, 6.45) is 0. The zero-order valence-electron chi connectivity index (χ0n) is 5.03. The van der Waals surface area contributed by atoms with E-state index in [1.165, 1.54) is 0 Å². The first-order valence-electron chi connectivity index (χ1n) is 2.54. The van der Waals surface area contributed by atoms with Crippen LogP contribution in [0.15, 0.2) is 0 Å². The molecule has 3 heteroatoms. The van der Waals surface area contributed by atoms with Gasteiger partial charge in [-0.05, 0) is 6.92 Å². The van der Waals surface area contributed by atoms with Crippen molar-refractivity contribution in [3.8, 4) is 11.8 Å². The second kappa shape index (κ2) is 4.93. The van der Waals surface area contributed by atoms with Crippen LogP contribution in [-0.4, -0.2) is 11.4 Å². The molecule has 1 radical (unpaired) electrons. The molecule has 0 spiro atoms. The minimum atomic E-state index is -0.668. The lowest BCUT2D eigenvalue weighted by Gasteiger charge is -1.91. The first-order valence-corrected chi connectivity index (χ1v) is 3.41. The fourth-order valence-corrected chi connectivity index (χ4v) is 0.373. The van der Waals surface area contributed by atoms with E-state index in [0.717, 1.165) is 0 Å². The maximum absolute atomic E-state index is 10.1. The third-order valence-corrected chi connectivity index (χ3v) is 0.907. The number of hydrogen-bond acceptors (Lipinski definition) is 0. The molecule has 0 aliphatic carbocycles. The van der Waals surface area contributed by atoms with Gasteiger partial charge in [-0.15, -0.1) is 0 Å². The molecule has 9 heavy (non-hydrogen) atoms. The summed E-state index contributed by atoms with van der Waals surface area (Å²) in [5.74, 6) is 4.93. The van der Waals surface area contributed by atoms with Crippen molar-refractivity contribution < 1.29 is 5.11 Å². The third-order valence-electron chi connectivity index (χ3n) is 0.689. The van der Waals surface area contributed by atoms with Crippen LogP contribution in [0.2, 0.25) is 0 Å². The van der Waals surface area contributed by atoms with Crippen LogP contribution in [0, 0.1) is 17.8 Å². The first kappa shape index (κ1) is 9.10. The molecule has 51 valence electrons. The lowest BCUT2D eigenvalue weighted by atomic mass is 10.2. The molecule has 0 aliphatic rings. The van der Waals surface area contributed by atoms with Gasteiger partial charge in [-0.25, -0.2) is 5.11 Å². The highest BCUT2D eigenvalue weighted by Crippen LogP contribution is 1.99. The predicted octanol–water partition coefficient (Wildman–Crippen LogP) is 1.86. The van der Waals surface area contributed by atoms with E-state index in [-0.39, 0.29) is 12.5 Å². The van der Waals surface area contributed by atoms with E-state index in [0.29, 0.717) is 0 Å². The fourth-order valence-electron chi connectivity index (χ4n) is 0.247. The lowest BCUT2D eigenvalue weighted by Crippen LogP contribution is -1.94. The Hall–Kier alpha value is 0.1000. The lowest BCUT2D eigenvalue weighted by molar-refractivity contribution is 0.171. The molecule has 0 aliphatic heterocycles. The minimum Gasteiger partial charge on any atom is -0.235 e. The van der Waals surface area contributed by atoms with E-state index < -0.39 is 4.84 Å². The number of alkyl halides is 2. The van der Waals surface area contributed by atoms with Crippen molar-refractivity contribution in [3.05, 3.63) is 0 Å². The molecular formula is C6H7Cl2O. The van der Waals surface area contributed by atoms with Crippen molar-refractivity contribution in [3.63, 3.8) is 0 Å². The van der Waals surface area contributed by atoms with Crippen LogP contribution in [0.5, 0.6) is 0 Å². The molecule has 1 unspecified atom stereocenters. The molecule has 0 saturated carbocycles. The minimum absolute atomic E-state index is 0.148. The first-order chi connectivity index (χ1) is 4.16. The summed E-state index contributed by atoms with van der Waals surface area (Å²) in [5, 5.41) is 10.1. The molecule has 0 amide bonds. The maximum Gasteiger partial charge on any atom is 0.167 e.